The van der Waals surface area contributed by atoms with Crippen molar-refractivity contribution >= 4 is 23.0 Å². The van der Waals surface area contributed by atoms with Gasteiger partial charge in [-0.25, -0.2) is 4.79 Å². The van der Waals surface area contributed by atoms with Crippen LogP contribution in [0.3, 0.4) is 0 Å². The van der Waals surface area contributed by atoms with Gasteiger partial charge in [0.25, 0.3) is 0 Å². The molecule has 6 rings (SSSR count). The molecule has 2 heterocycles. The highest BCUT2D eigenvalue weighted by Crippen LogP contribution is 2.58. The maximum atomic E-state index is 13.2. The maximum Gasteiger partial charge on any atom is 0.340 e. The van der Waals surface area contributed by atoms with Crippen molar-refractivity contribution in [2.45, 2.75) is 26.4 Å². The van der Waals surface area contributed by atoms with E-state index in [9.17, 15) is 4.79 Å². The molecular weight excluding hydrogens is 436 g/mol. The number of fused-ring (bicyclic) bond motifs is 6. The fourth-order valence-corrected chi connectivity index (χ4v) is 5.25. The van der Waals surface area contributed by atoms with Crippen molar-refractivity contribution in [2.24, 2.45) is 0 Å². The third-order valence-corrected chi connectivity index (χ3v) is 6.76. The molecule has 35 heavy (non-hydrogen) atoms. The molecule has 174 valence electrons. The number of carbonyl (C=O) groups is 1. The van der Waals surface area contributed by atoms with Crippen molar-refractivity contribution in [1.82, 2.24) is 0 Å². The molecule has 0 radical (unpaired) electrons. The van der Waals surface area contributed by atoms with E-state index >= 15 is 0 Å². The van der Waals surface area contributed by atoms with Gasteiger partial charge in [-0.1, -0.05) is 42.0 Å². The maximum absolute atomic E-state index is 13.2. The third-order valence-electron chi connectivity index (χ3n) is 6.76. The van der Waals surface area contributed by atoms with Crippen molar-refractivity contribution in [3.63, 3.8) is 0 Å². The lowest BCUT2D eigenvalue weighted by atomic mass is 9.76. The molecule has 2 aliphatic rings. The van der Waals surface area contributed by atoms with Crippen LogP contribution in [-0.4, -0.2) is 12.5 Å². The Morgan fingerprint density at radius 1 is 0.829 bits per heavy atom. The number of anilines is 3. The molecular formula is C30H26N2O3. The first-order valence-corrected chi connectivity index (χ1v) is 11.9. The Kier molecular flexibility index (Phi) is 4.81. The molecule has 0 aromatic heterocycles. The van der Waals surface area contributed by atoms with Crippen molar-refractivity contribution < 1.29 is 14.3 Å². The van der Waals surface area contributed by atoms with Crippen LogP contribution in [0.5, 0.6) is 11.5 Å². The van der Waals surface area contributed by atoms with E-state index in [1.54, 1.807) is 0 Å². The second-order valence-corrected chi connectivity index (χ2v) is 9.08. The van der Waals surface area contributed by atoms with Crippen LogP contribution in [-0.2, 0) is 10.3 Å². The van der Waals surface area contributed by atoms with Crippen LogP contribution in [0.1, 0.15) is 45.1 Å². The number of nitrogens with one attached hydrogen (secondary N) is 2. The first-order chi connectivity index (χ1) is 17.0. The average Bonchev–Trinajstić information content (AvgIpc) is 3.14. The zero-order valence-electron chi connectivity index (χ0n) is 19.9. The van der Waals surface area contributed by atoms with Crippen LogP contribution < -0.4 is 15.4 Å². The molecule has 0 fully saturated rings. The third kappa shape index (κ3) is 3.19. The first kappa shape index (κ1) is 21.3. The van der Waals surface area contributed by atoms with E-state index in [2.05, 4.69) is 49.6 Å². The summed E-state index contributed by atoms with van der Waals surface area (Å²) in [4.78, 5) is 13.2. The second kappa shape index (κ2) is 7.91. The molecule has 5 heteroatoms. The predicted molar refractivity (Wildman–Crippen MR) is 138 cm³/mol. The van der Waals surface area contributed by atoms with Crippen molar-refractivity contribution in [1.29, 1.82) is 0 Å². The monoisotopic (exact) mass is 462 g/mol. The highest BCUT2D eigenvalue weighted by Gasteiger charge is 2.54. The van der Waals surface area contributed by atoms with Gasteiger partial charge < -0.3 is 20.1 Å². The Morgan fingerprint density at radius 2 is 1.69 bits per heavy atom. The summed E-state index contributed by atoms with van der Waals surface area (Å²) in [5.41, 5.74) is 6.94. The van der Waals surface area contributed by atoms with E-state index in [4.69, 9.17) is 9.47 Å². The summed E-state index contributed by atoms with van der Waals surface area (Å²) >= 11 is 0. The van der Waals surface area contributed by atoms with Gasteiger partial charge in [-0.2, -0.15) is 0 Å². The van der Waals surface area contributed by atoms with Crippen molar-refractivity contribution in [3.05, 3.63) is 112 Å². The zero-order chi connectivity index (χ0) is 24.2. The lowest BCUT2D eigenvalue weighted by molar-refractivity contribution is 0.0227. The Morgan fingerprint density at radius 3 is 2.51 bits per heavy atom. The molecule has 1 unspecified atom stereocenters. The molecule has 0 saturated carbocycles. The SMILES string of the molecule is CCNc1ccc2c(c1)C1(OC(=O)c3ccccc31)c1c(Nc3ccc(C)cc3C)cccc1O2. The average molecular weight is 463 g/mol. The van der Waals surface area contributed by atoms with Crippen molar-refractivity contribution in [3.8, 4) is 11.5 Å². The first-order valence-electron chi connectivity index (χ1n) is 11.9. The van der Waals surface area contributed by atoms with E-state index in [-0.39, 0.29) is 5.97 Å². The van der Waals surface area contributed by atoms with Gasteiger partial charge in [0.1, 0.15) is 11.5 Å². The lowest BCUT2D eigenvalue weighted by Crippen LogP contribution is -2.34. The number of aryl methyl sites for hydroxylation is 2. The normalized spacial score (nSPS) is 17.2. The molecule has 0 bridgehead atoms. The smallest absolute Gasteiger partial charge is 0.340 e. The summed E-state index contributed by atoms with van der Waals surface area (Å²) in [5.74, 6) is 0.995. The fourth-order valence-electron chi connectivity index (χ4n) is 5.25. The lowest BCUT2D eigenvalue weighted by Gasteiger charge is -2.38. The minimum Gasteiger partial charge on any atom is -0.456 e. The number of benzene rings is 4. The van der Waals surface area contributed by atoms with Gasteiger partial charge in [0.2, 0.25) is 0 Å². The Balaban J connectivity index is 1.63. The Labute approximate surface area is 204 Å². The Bertz CT molecular complexity index is 1490. The van der Waals surface area contributed by atoms with Gasteiger partial charge in [0.05, 0.1) is 16.8 Å². The van der Waals surface area contributed by atoms with Crippen LogP contribution in [0, 0.1) is 13.8 Å². The second-order valence-electron chi connectivity index (χ2n) is 9.08. The molecule has 0 amide bonds. The number of hydrogen-bond donors (Lipinski definition) is 2. The topological polar surface area (TPSA) is 59.6 Å². The van der Waals surface area contributed by atoms with E-state index in [0.717, 1.165) is 45.9 Å². The summed E-state index contributed by atoms with van der Waals surface area (Å²) in [5, 5.41) is 6.99. The van der Waals surface area contributed by atoms with Crippen LogP contribution >= 0.6 is 0 Å². The molecule has 0 aliphatic carbocycles. The van der Waals surface area contributed by atoms with Gasteiger partial charge in [-0.3, -0.25) is 0 Å². The summed E-state index contributed by atoms with van der Waals surface area (Å²) in [7, 11) is 0. The number of carbonyl (C=O) groups excluding carboxylic acids is 1. The fraction of sp³-hybridized carbons (Fsp3) is 0.167. The minimum atomic E-state index is -1.13. The summed E-state index contributed by atoms with van der Waals surface area (Å²) < 4.78 is 12.8. The number of ether oxygens (including phenoxy) is 2. The number of hydrogen-bond acceptors (Lipinski definition) is 5. The highest BCUT2D eigenvalue weighted by molar-refractivity contribution is 5.98. The molecule has 2 aliphatic heterocycles. The number of esters is 1. The van der Waals surface area contributed by atoms with E-state index in [0.29, 0.717) is 17.1 Å². The van der Waals surface area contributed by atoms with Gasteiger partial charge in [0, 0.05) is 29.0 Å². The molecule has 4 aromatic carbocycles. The largest absolute Gasteiger partial charge is 0.456 e. The minimum absolute atomic E-state index is 0.338. The predicted octanol–water partition coefficient (Wildman–Crippen LogP) is 7.05. The molecule has 1 spiro atoms. The Hall–Kier alpha value is -4.25. The van der Waals surface area contributed by atoms with Crippen LogP contribution in [0.4, 0.5) is 17.1 Å². The molecule has 0 saturated heterocycles. The van der Waals surface area contributed by atoms with E-state index < -0.39 is 5.60 Å². The van der Waals surface area contributed by atoms with Gasteiger partial charge in [0.15, 0.2) is 5.60 Å². The van der Waals surface area contributed by atoms with E-state index in [1.807, 2.05) is 60.7 Å². The quantitative estimate of drug-likeness (QED) is 0.318. The highest BCUT2D eigenvalue weighted by atomic mass is 16.6. The van der Waals surface area contributed by atoms with Crippen LogP contribution in [0.2, 0.25) is 0 Å². The summed E-state index contributed by atoms with van der Waals surface area (Å²) in [6.45, 7) is 6.99. The number of rotatable bonds is 4. The standard InChI is InChI=1S/C30H26N2O3/c1-4-31-20-13-15-26-23(17-20)30(22-9-6-5-8-21(22)29(33)35-30)28-25(10-7-11-27(28)34-26)32-24-14-12-18(2)16-19(24)3/h5-17,31-32H,4H2,1-3H3. The van der Waals surface area contributed by atoms with Gasteiger partial charge >= 0.3 is 5.97 Å². The zero-order valence-corrected chi connectivity index (χ0v) is 19.9. The van der Waals surface area contributed by atoms with Crippen LogP contribution in [0.15, 0.2) is 78.9 Å². The molecule has 2 N–H and O–H groups in total. The van der Waals surface area contributed by atoms with Crippen molar-refractivity contribution in [2.75, 3.05) is 17.2 Å². The van der Waals surface area contributed by atoms with E-state index in [1.165, 1.54) is 5.56 Å². The van der Waals surface area contributed by atoms with Gasteiger partial charge in [-0.05, 0) is 68.8 Å². The summed E-state index contributed by atoms with van der Waals surface area (Å²) in [6.07, 6.45) is 0. The molecule has 5 nitrogen and oxygen atoms in total. The molecule has 4 aromatic rings. The molecule has 1 atom stereocenters. The van der Waals surface area contributed by atoms with Gasteiger partial charge in [-0.15, -0.1) is 0 Å². The summed E-state index contributed by atoms with van der Waals surface area (Å²) in [6, 6.07) is 25.8. The van der Waals surface area contributed by atoms with Crippen LogP contribution in [0.25, 0.3) is 0 Å².